The van der Waals surface area contributed by atoms with E-state index in [1.165, 1.54) is 0 Å². The average molecular weight is 363 g/mol. The van der Waals surface area contributed by atoms with Crippen LogP contribution < -0.4 is 15.0 Å². The Hall–Kier alpha value is -2.01. The van der Waals surface area contributed by atoms with Crippen molar-refractivity contribution in [2.45, 2.75) is 6.42 Å². The molecule has 2 aromatic rings. The van der Waals surface area contributed by atoms with Gasteiger partial charge in [-0.25, -0.2) is 0 Å². The van der Waals surface area contributed by atoms with E-state index >= 15 is 0 Å². The summed E-state index contributed by atoms with van der Waals surface area (Å²) in [5, 5.41) is 2.86. The van der Waals surface area contributed by atoms with Crippen molar-refractivity contribution in [2.24, 2.45) is 0 Å². The molecule has 0 unspecified atom stereocenters. The molecule has 0 heterocycles. The molecule has 0 atom stereocenters. The molecule has 116 valence electrons. The third-order valence-corrected chi connectivity index (χ3v) is 3.55. The maximum absolute atomic E-state index is 11.9. The number of nitrogens with one attached hydrogen (secondary N) is 1. The summed E-state index contributed by atoms with van der Waals surface area (Å²) in [5.41, 5.74) is 1.88. The molecular formula is C17H19BrN2O2. The number of halogens is 1. The summed E-state index contributed by atoms with van der Waals surface area (Å²) >= 11 is 3.38. The molecule has 0 aliphatic heterocycles. The van der Waals surface area contributed by atoms with Crippen molar-refractivity contribution in [1.29, 1.82) is 0 Å². The van der Waals surface area contributed by atoms with Gasteiger partial charge in [-0.05, 0) is 42.5 Å². The van der Waals surface area contributed by atoms with E-state index < -0.39 is 0 Å². The maximum Gasteiger partial charge on any atom is 0.227 e. The topological polar surface area (TPSA) is 41.6 Å². The highest BCUT2D eigenvalue weighted by Crippen LogP contribution is 2.18. The summed E-state index contributed by atoms with van der Waals surface area (Å²) in [6, 6.07) is 15.3. The molecule has 0 aliphatic carbocycles. The van der Waals surface area contributed by atoms with Gasteiger partial charge in [0.2, 0.25) is 5.91 Å². The van der Waals surface area contributed by atoms with Crippen LogP contribution in [0.15, 0.2) is 53.0 Å². The van der Waals surface area contributed by atoms with Crippen LogP contribution in [-0.2, 0) is 4.79 Å². The van der Waals surface area contributed by atoms with Crippen LogP contribution in [-0.4, -0.2) is 26.6 Å². The molecule has 0 fully saturated rings. The van der Waals surface area contributed by atoms with Crippen LogP contribution in [0.2, 0.25) is 0 Å². The lowest BCUT2D eigenvalue weighted by molar-refractivity contribution is -0.116. The summed E-state index contributed by atoms with van der Waals surface area (Å²) in [5.74, 6) is 0.685. The Labute approximate surface area is 139 Å². The van der Waals surface area contributed by atoms with Gasteiger partial charge in [0.25, 0.3) is 0 Å². The smallest absolute Gasteiger partial charge is 0.227 e. The fraction of sp³-hybridized carbons (Fsp3) is 0.235. The predicted molar refractivity (Wildman–Crippen MR) is 93.7 cm³/mol. The predicted octanol–water partition coefficient (Wildman–Crippen LogP) is 3.92. The lowest BCUT2D eigenvalue weighted by Crippen LogP contribution is -2.15. The quantitative estimate of drug-likeness (QED) is 0.846. The zero-order valence-electron chi connectivity index (χ0n) is 12.7. The first-order valence-corrected chi connectivity index (χ1v) is 7.79. The van der Waals surface area contributed by atoms with E-state index in [-0.39, 0.29) is 5.91 Å². The van der Waals surface area contributed by atoms with Crippen LogP contribution in [0.3, 0.4) is 0 Å². The lowest BCUT2D eigenvalue weighted by atomic mass is 10.2. The van der Waals surface area contributed by atoms with Gasteiger partial charge < -0.3 is 15.0 Å². The van der Waals surface area contributed by atoms with E-state index in [1.807, 2.05) is 67.5 Å². The number of amides is 1. The molecule has 0 aliphatic rings. The Balaban J connectivity index is 1.78. The third-order valence-electron chi connectivity index (χ3n) is 3.06. The molecule has 5 heteroatoms. The van der Waals surface area contributed by atoms with Crippen LogP contribution in [0.4, 0.5) is 11.4 Å². The first-order chi connectivity index (χ1) is 10.5. The van der Waals surface area contributed by atoms with E-state index in [0.717, 1.165) is 21.6 Å². The van der Waals surface area contributed by atoms with E-state index in [1.54, 1.807) is 0 Å². The third kappa shape index (κ3) is 5.07. The van der Waals surface area contributed by atoms with Crippen molar-refractivity contribution < 1.29 is 9.53 Å². The Morgan fingerprint density at radius 1 is 1.18 bits per heavy atom. The molecule has 2 rings (SSSR count). The molecule has 0 saturated carbocycles. The van der Waals surface area contributed by atoms with Crippen molar-refractivity contribution in [3.8, 4) is 5.75 Å². The van der Waals surface area contributed by atoms with Crippen LogP contribution in [0, 0.1) is 0 Å². The summed E-state index contributed by atoms with van der Waals surface area (Å²) in [7, 11) is 3.96. The Morgan fingerprint density at radius 3 is 2.55 bits per heavy atom. The molecule has 4 nitrogen and oxygen atoms in total. The Bertz CT molecular complexity index is 627. The van der Waals surface area contributed by atoms with Crippen molar-refractivity contribution in [1.82, 2.24) is 0 Å². The van der Waals surface area contributed by atoms with Gasteiger partial charge in [-0.15, -0.1) is 0 Å². The second-order valence-electron chi connectivity index (χ2n) is 5.05. The minimum Gasteiger partial charge on any atom is -0.493 e. The minimum absolute atomic E-state index is 0.0624. The zero-order valence-corrected chi connectivity index (χ0v) is 14.3. The number of ether oxygens (including phenoxy) is 1. The number of carbonyl (C=O) groups excluding carboxylic acids is 1. The summed E-state index contributed by atoms with van der Waals surface area (Å²) in [6.07, 6.45) is 0.307. The molecule has 1 N–H and O–H groups in total. The summed E-state index contributed by atoms with van der Waals surface area (Å²) in [4.78, 5) is 13.9. The second-order valence-corrected chi connectivity index (χ2v) is 5.96. The monoisotopic (exact) mass is 362 g/mol. The Morgan fingerprint density at radius 2 is 1.91 bits per heavy atom. The fourth-order valence-corrected chi connectivity index (χ4v) is 2.26. The van der Waals surface area contributed by atoms with Gasteiger partial charge >= 0.3 is 0 Å². The largest absolute Gasteiger partial charge is 0.493 e. The van der Waals surface area contributed by atoms with Crippen LogP contribution in [0.5, 0.6) is 5.75 Å². The van der Waals surface area contributed by atoms with Gasteiger partial charge in [-0.3, -0.25) is 4.79 Å². The van der Waals surface area contributed by atoms with E-state index in [0.29, 0.717) is 13.0 Å². The average Bonchev–Trinajstić information content (AvgIpc) is 2.48. The van der Waals surface area contributed by atoms with E-state index in [4.69, 9.17) is 4.74 Å². The van der Waals surface area contributed by atoms with Gasteiger partial charge in [-0.2, -0.15) is 0 Å². The molecule has 0 spiro atoms. The summed E-state index contributed by atoms with van der Waals surface area (Å²) in [6.45, 7) is 0.345. The molecule has 0 radical (unpaired) electrons. The molecule has 0 saturated heterocycles. The normalized spacial score (nSPS) is 10.1. The number of rotatable bonds is 6. The number of carbonyl (C=O) groups is 1. The van der Waals surface area contributed by atoms with Gasteiger partial charge in [0.15, 0.2) is 0 Å². The van der Waals surface area contributed by atoms with Gasteiger partial charge in [0.05, 0.1) is 13.0 Å². The second kappa shape index (κ2) is 7.84. The molecule has 22 heavy (non-hydrogen) atoms. The number of hydrogen-bond acceptors (Lipinski definition) is 3. The van der Waals surface area contributed by atoms with Crippen molar-refractivity contribution >= 4 is 33.2 Å². The highest BCUT2D eigenvalue weighted by molar-refractivity contribution is 9.10. The van der Waals surface area contributed by atoms with Crippen LogP contribution in [0.25, 0.3) is 0 Å². The SMILES string of the molecule is CN(C)c1ccc(NC(=O)CCOc2cccc(Br)c2)cc1. The number of anilines is 2. The number of hydrogen-bond donors (Lipinski definition) is 1. The highest BCUT2D eigenvalue weighted by Gasteiger charge is 2.04. The lowest BCUT2D eigenvalue weighted by Gasteiger charge is -2.13. The fourth-order valence-electron chi connectivity index (χ4n) is 1.88. The van der Waals surface area contributed by atoms with Crippen molar-refractivity contribution in [3.05, 3.63) is 53.0 Å². The zero-order chi connectivity index (χ0) is 15.9. The van der Waals surface area contributed by atoms with Crippen LogP contribution >= 0.6 is 15.9 Å². The van der Waals surface area contributed by atoms with Gasteiger partial charge in [0, 0.05) is 29.9 Å². The summed E-state index contributed by atoms with van der Waals surface area (Å²) < 4.78 is 6.50. The van der Waals surface area contributed by atoms with Gasteiger partial charge in [-0.1, -0.05) is 22.0 Å². The minimum atomic E-state index is -0.0624. The van der Waals surface area contributed by atoms with Crippen molar-refractivity contribution in [2.75, 3.05) is 30.9 Å². The molecule has 0 bridgehead atoms. The molecule has 2 aromatic carbocycles. The Kier molecular flexibility index (Phi) is 5.83. The first kappa shape index (κ1) is 16.4. The maximum atomic E-state index is 11.9. The van der Waals surface area contributed by atoms with E-state index in [9.17, 15) is 4.79 Å². The standard InChI is InChI=1S/C17H19BrN2O2/c1-20(2)15-8-6-14(7-9-15)19-17(21)10-11-22-16-5-3-4-13(18)12-16/h3-9,12H,10-11H2,1-2H3,(H,19,21). The molecule has 1 amide bonds. The number of nitrogens with zero attached hydrogens (tertiary/aromatic N) is 1. The molecule has 0 aromatic heterocycles. The molecular weight excluding hydrogens is 344 g/mol. The highest BCUT2D eigenvalue weighted by atomic mass is 79.9. The van der Waals surface area contributed by atoms with Crippen molar-refractivity contribution in [3.63, 3.8) is 0 Å². The van der Waals surface area contributed by atoms with E-state index in [2.05, 4.69) is 21.2 Å². The van der Waals surface area contributed by atoms with Crippen LogP contribution in [0.1, 0.15) is 6.42 Å². The van der Waals surface area contributed by atoms with Gasteiger partial charge in [0.1, 0.15) is 5.75 Å². The number of benzene rings is 2. The first-order valence-electron chi connectivity index (χ1n) is 7.00.